The molecular formula is C47H30B9N5O. The number of fused-ring (bicyclic) bond motifs is 3. The molecule has 7 aromatic rings. The molecule has 0 bridgehead atoms. The molecule has 5 aromatic carbocycles. The Morgan fingerprint density at radius 1 is 0.726 bits per heavy atom. The monoisotopic (exact) mass is 779 g/mol. The average Bonchev–Trinajstić information content (AvgIpc) is 3.64. The Bertz CT molecular complexity index is 3040. The summed E-state index contributed by atoms with van der Waals surface area (Å²) in [5.74, 6) is 0.451. The van der Waals surface area contributed by atoms with Crippen LogP contribution < -0.4 is 32.2 Å². The predicted octanol–water partition coefficient (Wildman–Crippen LogP) is 2.74. The zero-order valence-corrected chi connectivity index (χ0v) is 34.0. The van der Waals surface area contributed by atoms with Gasteiger partial charge in [0.1, 0.15) is 70.6 Å². The molecule has 62 heavy (non-hydrogen) atoms. The molecule has 1 aliphatic rings. The van der Waals surface area contributed by atoms with Gasteiger partial charge in [-0.15, -0.1) is 32.8 Å². The number of anilines is 2. The lowest BCUT2D eigenvalue weighted by molar-refractivity contribution is 0.338. The van der Waals surface area contributed by atoms with Crippen LogP contribution in [0.1, 0.15) is 23.7 Å². The van der Waals surface area contributed by atoms with Crippen molar-refractivity contribution < 1.29 is 5.11 Å². The van der Waals surface area contributed by atoms with E-state index in [0.29, 0.717) is 5.92 Å². The van der Waals surface area contributed by atoms with Gasteiger partial charge in [0.25, 0.3) is 0 Å². The number of allylic oxidation sites excluding steroid dienone is 8. The minimum absolute atomic E-state index is 0.00289. The Hall–Kier alpha value is -6.05. The van der Waals surface area contributed by atoms with Gasteiger partial charge in [0, 0.05) is 46.1 Å². The lowest BCUT2D eigenvalue weighted by Crippen LogP contribution is -2.55. The van der Waals surface area contributed by atoms with Crippen molar-refractivity contribution in [3.05, 3.63) is 155 Å². The third kappa shape index (κ3) is 7.62. The molecule has 276 valence electrons. The fourth-order valence-electron chi connectivity index (χ4n) is 7.75. The van der Waals surface area contributed by atoms with Crippen molar-refractivity contribution >= 4 is 137 Å². The predicted molar refractivity (Wildman–Crippen MR) is 265 cm³/mol. The number of aliphatic hydroxyl groups is 1. The van der Waals surface area contributed by atoms with Crippen LogP contribution in [-0.2, 0) is 0 Å². The van der Waals surface area contributed by atoms with Crippen molar-refractivity contribution in [1.29, 1.82) is 0 Å². The van der Waals surface area contributed by atoms with Crippen LogP contribution in [0, 0.1) is 0 Å². The third-order valence-corrected chi connectivity index (χ3v) is 11.4. The average molecular weight is 778 g/mol. The van der Waals surface area contributed by atoms with Gasteiger partial charge in [0.2, 0.25) is 5.95 Å². The Kier molecular flexibility index (Phi) is 11.9. The van der Waals surface area contributed by atoms with Crippen LogP contribution in [0.4, 0.5) is 11.4 Å². The van der Waals surface area contributed by atoms with E-state index in [9.17, 15) is 5.11 Å². The summed E-state index contributed by atoms with van der Waals surface area (Å²) in [5, 5.41) is 11.5. The van der Waals surface area contributed by atoms with Crippen molar-refractivity contribution in [3.63, 3.8) is 0 Å². The topological polar surface area (TPSA) is 67.1 Å². The number of rotatable bonds is 10. The number of para-hydroxylation sites is 1. The van der Waals surface area contributed by atoms with E-state index in [1.54, 1.807) is 0 Å². The zero-order valence-electron chi connectivity index (χ0n) is 34.0. The van der Waals surface area contributed by atoms with E-state index in [2.05, 4.69) is 84.3 Å². The third-order valence-electron chi connectivity index (χ3n) is 11.4. The van der Waals surface area contributed by atoms with Gasteiger partial charge in [-0.3, -0.25) is 4.57 Å². The second-order valence-electron chi connectivity index (χ2n) is 15.0. The molecule has 18 radical (unpaired) electrons. The first-order chi connectivity index (χ1) is 29.8. The standard InChI is InChI=1S/C47H30B9N5O/c1-24(37(49)41(53)38(50)32(48)23-62)45-57-46(36-39(51)42(54)44(56)43(55)40(36)52)59-47(58-45)61-33-16-10-9-15-29(33)31-21-30(27-13-7-4-8-14-27)34(22-35(31)61)60(2)28-19-17-26(18-20-28)25-11-5-3-6-12-25/h3-11,13-22,25,62H,1,12,23H2,2H3/b38-32-,41-37-. The summed E-state index contributed by atoms with van der Waals surface area (Å²) in [6.07, 6.45) is 9.55. The second-order valence-corrected chi connectivity index (χ2v) is 15.0. The van der Waals surface area contributed by atoms with Crippen molar-refractivity contribution in [3.8, 4) is 28.5 Å². The van der Waals surface area contributed by atoms with E-state index in [1.807, 2.05) is 54.1 Å². The fourth-order valence-corrected chi connectivity index (χ4v) is 7.75. The first-order valence-corrected chi connectivity index (χ1v) is 19.7. The van der Waals surface area contributed by atoms with Crippen molar-refractivity contribution in [1.82, 2.24) is 19.5 Å². The molecule has 2 heterocycles. The van der Waals surface area contributed by atoms with E-state index in [1.165, 1.54) is 5.56 Å². The smallest absolute Gasteiger partial charge is 0.238 e. The number of hydrogen-bond acceptors (Lipinski definition) is 5. The van der Waals surface area contributed by atoms with E-state index >= 15 is 0 Å². The largest absolute Gasteiger partial charge is 0.393 e. The highest BCUT2D eigenvalue weighted by molar-refractivity contribution is 6.68. The van der Waals surface area contributed by atoms with Crippen LogP contribution in [0.2, 0.25) is 0 Å². The first-order valence-electron chi connectivity index (χ1n) is 19.7. The minimum atomic E-state index is -0.553. The highest BCUT2D eigenvalue weighted by atomic mass is 16.3. The lowest BCUT2D eigenvalue weighted by atomic mass is 9.60. The summed E-state index contributed by atoms with van der Waals surface area (Å²) in [4.78, 5) is 16.9. The molecule has 1 N–H and O–H groups in total. The van der Waals surface area contributed by atoms with Gasteiger partial charge in [-0.05, 0) is 47.9 Å². The number of nitrogens with zero attached hydrogens (tertiary/aromatic N) is 5. The Morgan fingerprint density at radius 2 is 1.39 bits per heavy atom. The summed E-state index contributed by atoms with van der Waals surface area (Å²) in [6, 6.07) is 31.1. The number of benzene rings is 5. The molecule has 0 spiro atoms. The van der Waals surface area contributed by atoms with Crippen molar-refractivity contribution in [2.24, 2.45) is 0 Å². The molecule has 1 aliphatic carbocycles. The molecule has 1 atom stereocenters. The molecule has 0 saturated heterocycles. The number of aliphatic hydroxyl groups excluding tert-OH is 1. The van der Waals surface area contributed by atoms with Crippen LogP contribution in [0.3, 0.4) is 0 Å². The van der Waals surface area contributed by atoms with Crippen LogP contribution in [0.25, 0.3) is 55.8 Å². The van der Waals surface area contributed by atoms with E-state index < -0.39 is 6.61 Å². The van der Waals surface area contributed by atoms with Crippen LogP contribution in [0.5, 0.6) is 0 Å². The zero-order chi connectivity index (χ0) is 44.0. The number of hydrogen-bond donors (Lipinski definition) is 1. The fraction of sp³-hybridized carbons (Fsp3) is 0.0851. The molecule has 2 aromatic heterocycles. The first kappa shape index (κ1) is 42.6. The highest BCUT2D eigenvalue weighted by Crippen LogP contribution is 2.42. The highest BCUT2D eigenvalue weighted by Gasteiger charge is 2.24. The van der Waals surface area contributed by atoms with Gasteiger partial charge < -0.3 is 10.0 Å². The molecule has 1 unspecified atom stereocenters. The maximum atomic E-state index is 9.65. The summed E-state index contributed by atoms with van der Waals surface area (Å²) >= 11 is 0. The molecule has 0 fully saturated rings. The maximum absolute atomic E-state index is 9.65. The molecule has 15 heteroatoms. The minimum Gasteiger partial charge on any atom is -0.393 e. The second kappa shape index (κ2) is 17.4. The quantitative estimate of drug-likeness (QED) is 0.171. The molecule has 0 saturated carbocycles. The maximum Gasteiger partial charge on any atom is 0.238 e. The van der Waals surface area contributed by atoms with E-state index in [4.69, 9.17) is 85.6 Å². The summed E-state index contributed by atoms with van der Waals surface area (Å²) in [6.45, 7) is 3.64. The van der Waals surface area contributed by atoms with Gasteiger partial charge in [0.15, 0.2) is 11.6 Å². The van der Waals surface area contributed by atoms with Crippen molar-refractivity contribution in [2.45, 2.75) is 12.3 Å². The Balaban J connectivity index is 1.41. The van der Waals surface area contributed by atoms with Crippen molar-refractivity contribution in [2.75, 3.05) is 18.6 Å². The normalized spacial score (nSPS) is 14.5. The van der Waals surface area contributed by atoms with Gasteiger partial charge in [-0.25, -0.2) is 4.98 Å². The molecule has 8 rings (SSSR count). The van der Waals surface area contributed by atoms with Gasteiger partial charge in [-0.1, -0.05) is 108 Å². The van der Waals surface area contributed by atoms with Crippen LogP contribution in [-0.4, -0.2) is 109 Å². The Morgan fingerprint density at radius 3 is 2.05 bits per heavy atom. The molecule has 0 aliphatic heterocycles. The number of aromatic nitrogens is 4. The van der Waals surface area contributed by atoms with Gasteiger partial charge in [-0.2, -0.15) is 9.97 Å². The summed E-state index contributed by atoms with van der Waals surface area (Å²) in [7, 11) is 59.1. The Labute approximate surface area is 374 Å². The molecule has 6 nitrogen and oxygen atoms in total. The lowest BCUT2D eigenvalue weighted by Gasteiger charge is -2.25. The molecular weight excluding hydrogens is 748 g/mol. The van der Waals surface area contributed by atoms with Crippen LogP contribution >= 0.6 is 0 Å². The summed E-state index contributed by atoms with van der Waals surface area (Å²) in [5.41, 5.74) is 6.52. The van der Waals surface area contributed by atoms with E-state index in [0.717, 1.165) is 50.7 Å². The molecule has 0 amide bonds. The van der Waals surface area contributed by atoms with Crippen LogP contribution in [0.15, 0.2) is 144 Å². The van der Waals surface area contributed by atoms with Gasteiger partial charge in [0.05, 0.1) is 23.3 Å². The SMILES string of the molecule is [B]/C(CO)=C([B])/C([B])=C(/[B])C(=C)c1nc(-c2c([B])c([B])c([B])c([B])c2[B])nc(-n2c3ccccc3c3cc(-c4ccccc4)c(N(C)c4ccc(C5C=CC=CC5)cc4)cc32)n1. The van der Waals surface area contributed by atoms with E-state index in [-0.39, 0.29) is 77.9 Å². The summed E-state index contributed by atoms with van der Waals surface area (Å²) < 4.78 is 1.92. The van der Waals surface area contributed by atoms with Gasteiger partial charge >= 0.3 is 0 Å².